The van der Waals surface area contributed by atoms with E-state index in [2.05, 4.69) is 65.5 Å². The highest BCUT2D eigenvalue weighted by Crippen LogP contribution is 2.49. The summed E-state index contributed by atoms with van der Waals surface area (Å²) in [5.41, 5.74) is 8.11. The van der Waals surface area contributed by atoms with E-state index in [0.29, 0.717) is 22.3 Å². The second-order valence-corrected chi connectivity index (χ2v) is 14.8. The minimum Gasteiger partial charge on any atom is -0.389 e. The quantitative estimate of drug-likeness (QED) is 0.414. The van der Waals surface area contributed by atoms with Crippen LogP contribution in [0.2, 0.25) is 0 Å². The molecule has 1 aliphatic carbocycles. The minimum atomic E-state index is -0.582. The third-order valence-corrected chi connectivity index (χ3v) is 11.4. The SMILES string of the molecule is C=CC(=O)N1CCC2(C1)CN(c1cc(-c3noc([C@@]4(C)CCCc5sc(N)c(C#N)c54)n3)cc(N3CCCN(C)C[C@@H]3C)n1)C2. The van der Waals surface area contributed by atoms with Gasteiger partial charge < -0.3 is 29.9 Å². The van der Waals surface area contributed by atoms with Crippen LogP contribution in [-0.2, 0) is 16.6 Å². The molecule has 4 aliphatic rings. The third kappa shape index (κ3) is 5.06. The molecule has 11 nitrogen and oxygen atoms in total. The number of nitrogens with two attached hydrogens (primary N) is 1. The van der Waals surface area contributed by atoms with E-state index in [9.17, 15) is 10.1 Å². The van der Waals surface area contributed by atoms with Gasteiger partial charge in [-0.05, 0) is 77.8 Å². The van der Waals surface area contributed by atoms with Gasteiger partial charge in [0.1, 0.15) is 22.7 Å². The zero-order valence-corrected chi connectivity index (χ0v) is 27.2. The van der Waals surface area contributed by atoms with Gasteiger partial charge in [0.05, 0.1) is 11.0 Å². The fourth-order valence-corrected chi connectivity index (χ4v) is 9.15. The van der Waals surface area contributed by atoms with Crippen LogP contribution in [0.25, 0.3) is 11.4 Å². The Kier molecular flexibility index (Phi) is 7.36. The molecule has 7 rings (SSSR count). The molecule has 1 spiro atoms. The Hall–Kier alpha value is -3.95. The molecule has 236 valence electrons. The summed E-state index contributed by atoms with van der Waals surface area (Å²) in [7, 11) is 2.17. The first-order valence-corrected chi connectivity index (χ1v) is 16.7. The van der Waals surface area contributed by atoms with Crippen molar-refractivity contribution in [3.63, 3.8) is 0 Å². The molecule has 3 aromatic rings. The Morgan fingerprint density at radius 1 is 1.18 bits per heavy atom. The van der Waals surface area contributed by atoms with Crippen molar-refractivity contribution in [1.29, 1.82) is 5.26 Å². The third-order valence-electron chi connectivity index (χ3n) is 10.3. The lowest BCUT2D eigenvalue weighted by Crippen LogP contribution is -2.58. The summed E-state index contributed by atoms with van der Waals surface area (Å²) in [6, 6.07) is 6.78. The number of likely N-dealkylation sites (N-methyl/N-ethyl adjacent to an activating group) is 1. The number of aryl methyl sites for hydroxylation is 1. The van der Waals surface area contributed by atoms with Gasteiger partial charge in [-0.15, -0.1) is 11.3 Å². The number of hydrogen-bond acceptors (Lipinski definition) is 11. The molecule has 2 N–H and O–H groups in total. The number of nitrogens with zero attached hydrogens (tertiary/aromatic N) is 8. The molecular weight excluding hydrogens is 586 g/mol. The van der Waals surface area contributed by atoms with Gasteiger partial charge >= 0.3 is 0 Å². The van der Waals surface area contributed by atoms with E-state index in [1.165, 1.54) is 17.4 Å². The number of amides is 1. The van der Waals surface area contributed by atoms with Crippen molar-refractivity contribution in [2.24, 2.45) is 5.41 Å². The minimum absolute atomic E-state index is 0.00609. The zero-order chi connectivity index (χ0) is 31.5. The van der Waals surface area contributed by atoms with E-state index >= 15 is 0 Å². The highest BCUT2D eigenvalue weighted by molar-refractivity contribution is 7.16. The molecule has 12 heteroatoms. The number of aromatic nitrogens is 3. The van der Waals surface area contributed by atoms with Crippen molar-refractivity contribution >= 4 is 33.9 Å². The number of nitrogen functional groups attached to an aromatic ring is 1. The Bertz CT molecular complexity index is 1690. The predicted octanol–water partition coefficient (Wildman–Crippen LogP) is 4.04. The Labute approximate surface area is 268 Å². The van der Waals surface area contributed by atoms with Crippen LogP contribution in [0.5, 0.6) is 0 Å². The average Bonchev–Trinajstić information content (AvgIpc) is 3.73. The molecule has 3 aliphatic heterocycles. The largest absolute Gasteiger partial charge is 0.389 e. The number of thiophene rings is 1. The molecule has 0 radical (unpaired) electrons. The van der Waals surface area contributed by atoms with Crippen LogP contribution in [0.15, 0.2) is 29.3 Å². The van der Waals surface area contributed by atoms with Crippen LogP contribution < -0.4 is 15.5 Å². The van der Waals surface area contributed by atoms with E-state index in [4.69, 9.17) is 20.2 Å². The molecule has 1 amide bonds. The Morgan fingerprint density at radius 3 is 2.76 bits per heavy atom. The van der Waals surface area contributed by atoms with E-state index in [-0.39, 0.29) is 17.4 Å². The molecule has 2 atom stereocenters. The first-order chi connectivity index (χ1) is 21.6. The summed E-state index contributed by atoms with van der Waals surface area (Å²) in [5, 5.41) is 15.0. The molecule has 3 fully saturated rings. The fourth-order valence-electron chi connectivity index (χ4n) is 7.96. The van der Waals surface area contributed by atoms with Gasteiger partial charge in [-0.2, -0.15) is 10.2 Å². The van der Waals surface area contributed by atoms with Crippen molar-refractivity contribution in [3.8, 4) is 17.5 Å². The van der Waals surface area contributed by atoms with Crippen LogP contribution in [-0.4, -0.2) is 89.7 Å². The number of carbonyl (C=O) groups is 1. The van der Waals surface area contributed by atoms with Crippen LogP contribution in [0.3, 0.4) is 0 Å². The molecular formula is C33H41N9O2S. The van der Waals surface area contributed by atoms with E-state index < -0.39 is 5.41 Å². The van der Waals surface area contributed by atoms with E-state index in [1.807, 2.05) is 4.90 Å². The molecule has 6 heterocycles. The van der Waals surface area contributed by atoms with E-state index in [1.54, 1.807) is 0 Å². The highest BCUT2D eigenvalue weighted by Gasteiger charge is 2.49. The van der Waals surface area contributed by atoms with Crippen molar-refractivity contribution < 1.29 is 9.32 Å². The molecule has 0 unspecified atom stereocenters. The second kappa shape index (κ2) is 11.1. The maximum atomic E-state index is 12.3. The number of likely N-dealkylation sites (tertiary alicyclic amines) is 1. The molecule has 0 saturated carbocycles. The summed E-state index contributed by atoms with van der Waals surface area (Å²) in [6.07, 6.45) is 6.12. The second-order valence-electron chi connectivity index (χ2n) is 13.7. The maximum Gasteiger partial charge on any atom is 0.245 e. The van der Waals surface area contributed by atoms with Crippen molar-refractivity contribution in [1.82, 2.24) is 24.9 Å². The summed E-state index contributed by atoms with van der Waals surface area (Å²) >= 11 is 1.50. The highest BCUT2D eigenvalue weighted by atomic mass is 32.1. The van der Waals surface area contributed by atoms with Crippen molar-refractivity contribution in [3.05, 3.63) is 46.7 Å². The zero-order valence-electron chi connectivity index (χ0n) is 26.4. The monoisotopic (exact) mass is 627 g/mol. The maximum absolute atomic E-state index is 12.3. The number of carbonyl (C=O) groups excluding carboxylic acids is 1. The fraction of sp³-hybridized carbons (Fsp3) is 0.545. The lowest BCUT2D eigenvalue weighted by molar-refractivity contribution is -0.125. The van der Waals surface area contributed by atoms with Crippen LogP contribution >= 0.6 is 11.3 Å². The van der Waals surface area contributed by atoms with Gasteiger partial charge in [0.25, 0.3) is 0 Å². The molecule has 3 saturated heterocycles. The van der Waals surface area contributed by atoms with Gasteiger partial charge in [0.15, 0.2) is 0 Å². The summed E-state index contributed by atoms with van der Waals surface area (Å²) in [4.78, 5) is 32.6. The first-order valence-electron chi connectivity index (χ1n) is 15.9. The standard InChI is InChI=1S/C33H41N9O2S/c1-5-27(43)40-13-10-33(18-40)19-41(20-33)25-14-22(15-26(36-25)42-12-7-11-39(4)17-21(42)2)30-37-31(44-38-30)32(3)9-6-8-24-28(32)23(16-34)29(35)45-24/h5,14-15,21H,1,6-13,17-20,35H2,2-4H3/t21-,32-/m0/s1. The summed E-state index contributed by atoms with van der Waals surface area (Å²) < 4.78 is 6.02. The van der Waals surface area contributed by atoms with E-state index in [0.717, 1.165) is 106 Å². The Balaban J connectivity index is 1.23. The predicted molar refractivity (Wildman–Crippen MR) is 175 cm³/mol. The van der Waals surface area contributed by atoms with Gasteiger partial charge in [0, 0.05) is 66.7 Å². The van der Waals surface area contributed by atoms with Crippen LogP contribution in [0.4, 0.5) is 16.6 Å². The normalized spacial score (nSPS) is 24.7. The number of fused-ring (bicyclic) bond motifs is 1. The average molecular weight is 628 g/mol. The lowest BCUT2D eigenvalue weighted by Gasteiger charge is -2.49. The Morgan fingerprint density at radius 2 is 1.98 bits per heavy atom. The van der Waals surface area contributed by atoms with Crippen molar-refractivity contribution in [2.75, 3.05) is 68.4 Å². The molecule has 0 aromatic carbocycles. The lowest BCUT2D eigenvalue weighted by atomic mass is 9.72. The summed E-state index contributed by atoms with van der Waals surface area (Å²) in [5.74, 6) is 2.84. The number of nitriles is 1. The molecule has 0 bridgehead atoms. The number of rotatable bonds is 5. The van der Waals surface area contributed by atoms with Crippen LogP contribution in [0, 0.1) is 16.7 Å². The topological polar surface area (TPSA) is 132 Å². The molecule has 3 aromatic heterocycles. The van der Waals surface area contributed by atoms with Gasteiger partial charge in [-0.3, -0.25) is 4.79 Å². The smallest absolute Gasteiger partial charge is 0.245 e. The summed E-state index contributed by atoms with van der Waals surface area (Å²) in [6.45, 7) is 14.2. The molecule has 45 heavy (non-hydrogen) atoms. The number of anilines is 3. The number of pyridine rings is 1. The van der Waals surface area contributed by atoms with Gasteiger partial charge in [0.2, 0.25) is 17.6 Å². The van der Waals surface area contributed by atoms with Gasteiger partial charge in [-0.1, -0.05) is 11.7 Å². The van der Waals surface area contributed by atoms with Crippen LogP contribution in [0.1, 0.15) is 61.4 Å². The number of hydrogen-bond donors (Lipinski definition) is 1. The van der Waals surface area contributed by atoms with Crippen molar-refractivity contribution in [2.45, 2.75) is 57.4 Å². The van der Waals surface area contributed by atoms with Gasteiger partial charge in [-0.25, -0.2) is 4.98 Å². The first kappa shape index (κ1) is 29.7.